The maximum atomic E-state index is 11.7. The number of hydrogen-bond donors (Lipinski definition) is 1. The number of anilines is 1. The molecule has 0 aliphatic carbocycles. The molecule has 0 aromatic heterocycles. The average molecular weight is 326 g/mol. The van der Waals surface area contributed by atoms with Gasteiger partial charge >= 0.3 is 0 Å². The van der Waals surface area contributed by atoms with Crippen LogP contribution in [0.2, 0.25) is 0 Å². The van der Waals surface area contributed by atoms with E-state index in [0.717, 1.165) is 11.3 Å². The predicted molar refractivity (Wildman–Crippen MR) is 91.6 cm³/mol. The Morgan fingerprint density at radius 1 is 1.43 bits per heavy atom. The van der Waals surface area contributed by atoms with Gasteiger partial charge in [0.2, 0.25) is 0 Å². The van der Waals surface area contributed by atoms with Gasteiger partial charge in [0.25, 0.3) is 0 Å². The fourth-order valence-electron chi connectivity index (χ4n) is 2.66. The average Bonchev–Trinajstić information content (AvgIpc) is 2.76. The Morgan fingerprint density at radius 2 is 2.14 bits per heavy atom. The van der Waals surface area contributed by atoms with Crippen LogP contribution in [0.5, 0.6) is 0 Å². The molecule has 1 atom stereocenters. The molecule has 0 bridgehead atoms. The van der Waals surface area contributed by atoms with Crippen LogP contribution in [-0.2, 0) is 9.84 Å². The monoisotopic (exact) mass is 326 g/mol. The number of sulfone groups is 1. The third-order valence-electron chi connectivity index (χ3n) is 4.10. The third kappa shape index (κ3) is 3.74. The van der Waals surface area contributed by atoms with E-state index in [1.54, 1.807) is 0 Å². The molecule has 116 valence electrons. The molecule has 0 unspecified atom stereocenters. The second-order valence-corrected chi connectivity index (χ2v) is 8.14. The highest BCUT2D eigenvalue weighted by Crippen LogP contribution is 2.21. The molecule has 1 fully saturated rings. The molecule has 21 heavy (non-hydrogen) atoms. The Hall–Kier alpha value is -1.14. The van der Waals surface area contributed by atoms with Crippen LogP contribution in [-0.4, -0.2) is 42.5 Å². The zero-order valence-electron chi connectivity index (χ0n) is 12.7. The first-order valence-corrected chi connectivity index (χ1v) is 9.41. The number of nitrogens with one attached hydrogen (secondary N) is 1. The quantitative estimate of drug-likeness (QED) is 0.865. The molecular formula is C15H22N2O2S2. The molecule has 1 heterocycles. The Labute approximate surface area is 132 Å². The van der Waals surface area contributed by atoms with Crippen LogP contribution in [0.4, 0.5) is 5.69 Å². The van der Waals surface area contributed by atoms with Crippen LogP contribution in [0, 0.1) is 13.8 Å². The SMILES string of the molecule is CCN(C(=S)Nc1cccc(C)c1C)[C@@H]1CCS(=O)(=O)C1. The van der Waals surface area contributed by atoms with Crippen molar-refractivity contribution < 1.29 is 8.42 Å². The predicted octanol–water partition coefficient (Wildman–Crippen LogP) is 2.51. The minimum Gasteiger partial charge on any atom is -0.345 e. The molecule has 0 radical (unpaired) electrons. The van der Waals surface area contributed by atoms with Crippen LogP contribution in [0.3, 0.4) is 0 Å². The van der Waals surface area contributed by atoms with Crippen molar-refractivity contribution in [3.05, 3.63) is 29.3 Å². The van der Waals surface area contributed by atoms with Gasteiger partial charge in [0.15, 0.2) is 14.9 Å². The van der Waals surface area contributed by atoms with E-state index >= 15 is 0 Å². The van der Waals surface area contributed by atoms with Crippen molar-refractivity contribution in [2.75, 3.05) is 23.4 Å². The number of hydrogen-bond acceptors (Lipinski definition) is 3. The molecule has 4 nitrogen and oxygen atoms in total. The zero-order valence-corrected chi connectivity index (χ0v) is 14.4. The molecular weight excluding hydrogens is 304 g/mol. The second-order valence-electron chi connectivity index (χ2n) is 5.52. The van der Waals surface area contributed by atoms with Crippen LogP contribution in [0.15, 0.2) is 18.2 Å². The van der Waals surface area contributed by atoms with E-state index in [0.29, 0.717) is 18.1 Å². The van der Waals surface area contributed by atoms with Crippen molar-refractivity contribution in [1.82, 2.24) is 4.90 Å². The Balaban J connectivity index is 2.12. The molecule has 1 N–H and O–H groups in total. The van der Waals surface area contributed by atoms with Crippen molar-refractivity contribution in [3.8, 4) is 0 Å². The standard InChI is InChI=1S/C15H22N2O2S2/c1-4-17(13-8-9-21(18,19)10-13)15(20)16-14-7-5-6-11(2)12(14)3/h5-7,13H,4,8-10H2,1-3H3,(H,16,20)/t13-/m1/s1. The van der Waals surface area contributed by atoms with Gasteiger partial charge in [0.1, 0.15) is 0 Å². The maximum Gasteiger partial charge on any atom is 0.173 e. The van der Waals surface area contributed by atoms with Gasteiger partial charge in [0, 0.05) is 18.3 Å². The summed E-state index contributed by atoms with van der Waals surface area (Å²) in [6.45, 7) is 6.82. The maximum absolute atomic E-state index is 11.7. The minimum atomic E-state index is -2.90. The lowest BCUT2D eigenvalue weighted by Crippen LogP contribution is -2.43. The highest BCUT2D eigenvalue weighted by molar-refractivity contribution is 7.91. The number of thiocarbonyl (C=S) groups is 1. The molecule has 0 amide bonds. The van der Waals surface area contributed by atoms with Gasteiger partial charge in [-0.3, -0.25) is 0 Å². The smallest absolute Gasteiger partial charge is 0.173 e. The number of rotatable bonds is 3. The third-order valence-corrected chi connectivity index (χ3v) is 6.18. The number of nitrogens with zero attached hydrogens (tertiary/aromatic N) is 1. The van der Waals surface area contributed by atoms with Gasteiger partial charge in [0.05, 0.1) is 11.5 Å². The molecule has 0 spiro atoms. The fraction of sp³-hybridized carbons (Fsp3) is 0.533. The van der Waals surface area contributed by atoms with Crippen molar-refractivity contribution in [1.29, 1.82) is 0 Å². The lowest BCUT2D eigenvalue weighted by atomic mass is 10.1. The van der Waals surface area contributed by atoms with Gasteiger partial charge in [-0.2, -0.15) is 0 Å². The van der Waals surface area contributed by atoms with E-state index < -0.39 is 9.84 Å². The van der Waals surface area contributed by atoms with Crippen LogP contribution in [0.1, 0.15) is 24.5 Å². The topological polar surface area (TPSA) is 49.4 Å². The van der Waals surface area contributed by atoms with Crippen molar-refractivity contribution in [2.24, 2.45) is 0 Å². The summed E-state index contributed by atoms with van der Waals surface area (Å²) in [5.41, 5.74) is 3.35. The molecule has 0 saturated carbocycles. The summed E-state index contributed by atoms with van der Waals surface area (Å²) in [5.74, 6) is 0.468. The summed E-state index contributed by atoms with van der Waals surface area (Å²) >= 11 is 5.49. The fourth-order valence-corrected chi connectivity index (χ4v) is 4.78. The normalized spacial score (nSPS) is 20.2. The summed E-state index contributed by atoms with van der Waals surface area (Å²) in [7, 11) is -2.90. The molecule has 1 aromatic rings. The Bertz CT molecular complexity index is 641. The largest absolute Gasteiger partial charge is 0.345 e. The van der Waals surface area contributed by atoms with E-state index in [4.69, 9.17) is 12.2 Å². The molecule has 2 rings (SSSR count). The summed E-state index contributed by atoms with van der Waals surface area (Å²) in [6.07, 6.45) is 0.658. The minimum absolute atomic E-state index is 0.00915. The van der Waals surface area contributed by atoms with Crippen molar-refractivity contribution in [2.45, 2.75) is 33.2 Å². The van der Waals surface area contributed by atoms with E-state index in [1.165, 1.54) is 5.56 Å². The van der Waals surface area contributed by atoms with E-state index in [1.807, 2.05) is 24.0 Å². The molecule has 1 aliphatic heterocycles. The molecule has 1 saturated heterocycles. The summed E-state index contributed by atoms with van der Waals surface area (Å²) in [4.78, 5) is 1.99. The first kappa shape index (κ1) is 16.2. The summed E-state index contributed by atoms with van der Waals surface area (Å²) < 4.78 is 23.3. The zero-order chi connectivity index (χ0) is 15.6. The van der Waals surface area contributed by atoms with Gasteiger partial charge in [-0.25, -0.2) is 8.42 Å². The molecule has 1 aliphatic rings. The highest BCUT2D eigenvalue weighted by atomic mass is 32.2. The number of benzene rings is 1. The van der Waals surface area contributed by atoms with Gasteiger partial charge in [-0.05, 0) is 56.6 Å². The number of aryl methyl sites for hydroxylation is 1. The van der Waals surface area contributed by atoms with Crippen LogP contribution in [0.25, 0.3) is 0 Å². The Kier molecular flexibility index (Phi) is 4.88. The molecule has 1 aromatic carbocycles. The van der Waals surface area contributed by atoms with E-state index in [9.17, 15) is 8.42 Å². The van der Waals surface area contributed by atoms with Crippen LogP contribution >= 0.6 is 12.2 Å². The van der Waals surface area contributed by atoms with Crippen molar-refractivity contribution >= 4 is 32.9 Å². The molecule has 6 heteroatoms. The first-order valence-electron chi connectivity index (χ1n) is 7.18. The lowest BCUT2D eigenvalue weighted by Gasteiger charge is -2.30. The van der Waals surface area contributed by atoms with Gasteiger partial charge in [-0.1, -0.05) is 12.1 Å². The van der Waals surface area contributed by atoms with Crippen LogP contribution < -0.4 is 5.32 Å². The second kappa shape index (κ2) is 6.32. The van der Waals surface area contributed by atoms with Crippen molar-refractivity contribution in [3.63, 3.8) is 0 Å². The van der Waals surface area contributed by atoms with Gasteiger partial charge in [-0.15, -0.1) is 0 Å². The van der Waals surface area contributed by atoms with Gasteiger partial charge < -0.3 is 10.2 Å². The van der Waals surface area contributed by atoms with E-state index in [-0.39, 0.29) is 17.5 Å². The van der Waals surface area contributed by atoms with E-state index in [2.05, 4.69) is 25.2 Å². The highest BCUT2D eigenvalue weighted by Gasteiger charge is 2.32. The lowest BCUT2D eigenvalue weighted by molar-refractivity contribution is 0.355. The summed E-state index contributed by atoms with van der Waals surface area (Å²) in [6, 6.07) is 6.03. The first-order chi connectivity index (χ1) is 9.84. The summed E-state index contributed by atoms with van der Waals surface area (Å²) in [5, 5.41) is 3.87. The Morgan fingerprint density at radius 3 is 2.71 bits per heavy atom.